The largest absolute Gasteiger partial charge is 0.350 e. The van der Waals surface area contributed by atoms with Crippen molar-refractivity contribution in [3.63, 3.8) is 0 Å². The smallest absolute Gasteiger partial charge is 0.273 e. The normalized spacial score (nSPS) is 19.5. The van der Waals surface area contributed by atoms with Gasteiger partial charge in [0.15, 0.2) is 5.69 Å². The van der Waals surface area contributed by atoms with Gasteiger partial charge in [-0.15, -0.1) is 5.10 Å². The molecule has 2 fully saturated rings. The lowest BCUT2D eigenvalue weighted by molar-refractivity contribution is 0.0922. The monoisotopic (exact) mass is 387 g/mol. The van der Waals surface area contributed by atoms with Crippen molar-refractivity contribution in [3.05, 3.63) is 46.2 Å². The molecule has 2 aromatic rings. The maximum absolute atomic E-state index is 12.8. The molecule has 0 unspecified atom stereocenters. The van der Waals surface area contributed by atoms with E-state index < -0.39 is 0 Å². The molecule has 0 atom stereocenters. The molecule has 1 aromatic heterocycles. The van der Waals surface area contributed by atoms with Gasteiger partial charge in [0.05, 0.1) is 11.7 Å². The molecular weight excluding hydrogens is 362 g/mol. The molecule has 1 aliphatic carbocycles. The highest BCUT2D eigenvalue weighted by atomic mass is 35.5. The predicted molar refractivity (Wildman–Crippen MR) is 105 cm³/mol. The maximum Gasteiger partial charge on any atom is 0.273 e. The van der Waals surface area contributed by atoms with Crippen LogP contribution in [0.15, 0.2) is 24.3 Å². The van der Waals surface area contributed by atoms with E-state index in [1.54, 1.807) is 0 Å². The molecule has 0 spiro atoms. The van der Waals surface area contributed by atoms with Gasteiger partial charge in [-0.25, -0.2) is 4.68 Å². The summed E-state index contributed by atoms with van der Waals surface area (Å²) in [6.07, 6.45) is 5.38. The van der Waals surface area contributed by atoms with Crippen molar-refractivity contribution in [2.45, 2.75) is 50.5 Å². The molecule has 1 aliphatic heterocycles. The Bertz CT molecular complexity index is 806. The number of aromatic nitrogens is 3. The Morgan fingerprint density at radius 2 is 2.00 bits per heavy atom. The lowest BCUT2D eigenvalue weighted by atomic mass is 9.64. The minimum Gasteiger partial charge on any atom is -0.350 e. The van der Waals surface area contributed by atoms with E-state index in [9.17, 15) is 4.79 Å². The third-order valence-corrected chi connectivity index (χ3v) is 6.40. The van der Waals surface area contributed by atoms with Crippen LogP contribution in [0, 0.1) is 6.92 Å². The van der Waals surface area contributed by atoms with E-state index in [2.05, 4.69) is 33.1 Å². The highest BCUT2D eigenvalue weighted by Crippen LogP contribution is 2.43. The van der Waals surface area contributed by atoms with Gasteiger partial charge in [-0.2, -0.15) is 0 Å². The van der Waals surface area contributed by atoms with Gasteiger partial charge < -0.3 is 10.6 Å². The Balaban J connectivity index is 1.44. The Morgan fingerprint density at radius 3 is 2.63 bits per heavy atom. The van der Waals surface area contributed by atoms with E-state index in [0.29, 0.717) is 18.3 Å². The fourth-order valence-corrected chi connectivity index (χ4v) is 4.38. The summed E-state index contributed by atoms with van der Waals surface area (Å²) in [5, 5.41) is 15.7. The minimum atomic E-state index is -0.132. The van der Waals surface area contributed by atoms with Crippen LogP contribution in [0.2, 0.25) is 5.02 Å². The number of nitrogens with zero attached hydrogens (tertiary/aromatic N) is 3. The van der Waals surface area contributed by atoms with Crippen LogP contribution < -0.4 is 10.6 Å². The number of carbonyl (C=O) groups is 1. The number of hydrogen-bond acceptors (Lipinski definition) is 4. The van der Waals surface area contributed by atoms with Crippen molar-refractivity contribution >= 4 is 17.5 Å². The summed E-state index contributed by atoms with van der Waals surface area (Å²) in [4.78, 5) is 12.8. The summed E-state index contributed by atoms with van der Waals surface area (Å²) in [7, 11) is 0. The number of piperidine rings is 1. The first-order chi connectivity index (χ1) is 13.1. The van der Waals surface area contributed by atoms with Crippen LogP contribution in [0.4, 0.5) is 0 Å². The zero-order valence-corrected chi connectivity index (χ0v) is 16.4. The van der Waals surface area contributed by atoms with Crippen molar-refractivity contribution in [2.75, 3.05) is 19.6 Å². The zero-order chi connectivity index (χ0) is 18.9. The van der Waals surface area contributed by atoms with Gasteiger partial charge in [0.2, 0.25) is 0 Å². The highest BCUT2D eigenvalue weighted by molar-refractivity contribution is 6.30. The zero-order valence-electron chi connectivity index (χ0n) is 15.7. The van der Waals surface area contributed by atoms with Crippen molar-refractivity contribution < 1.29 is 4.79 Å². The van der Waals surface area contributed by atoms with Crippen LogP contribution in [-0.4, -0.2) is 40.5 Å². The molecule has 0 radical (unpaired) electrons. The Kier molecular flexibility index (Phi) is 5.19. The first-order valence-corrected chi connectivity index (χ1v) is 10.1. The molecular formula is C20H26ClN5O. The van der Waals surface area contributed by atoms with Gasteiger partial charge in [-0.3, -0.25) is 4.79 Å². The fraction of sp³-hybridized carbons (Fsp3) is 0.550. The predicted octanol–water partition coefficient (Wildman–Crippen LogP) is 3.02. The molecule has 1 aromatic carbocycles. The average molecular weight is 388 g/mol. The van der Waals surface area contributed by atoms with Crippen LogP contribution in [0.25, 0.3) is 0 Å². The van der Waals surface area contributed by atoms with E-state index in [1.165, 1.54) is 12.0 Å². The number of amides is 1. The van der Waals surface area contributed by atoms with Gasteiger partial charge in [-0.1, -0.05) is 35.4 Å². The molecule has 7 heteroatoms. The van der Waals surface area contributed by atoms with Crippen molar-refractivity contribution in [3.8, 4) is 0 Å². The molecule has 144 valence electrons. The van der Waals surface area contributed by atoms with E-state index >= 15 is 0 Å². The number of halogens is 1. The first-order valence-electron chi connectivity index (χ1n) is 9.76. The summed E-state index contributed by atoms with van der Waals surface area (Å²) in [5.41, 5.74) is 2.56. The molecule has 2 N–H and O–H groups in total. The second kappa shape index (κ2) is 7.60. The van der Waals surface area contributed by atoms with Crippen LogP contribution >= 0.6 is 11.6 Å². The van der Waals surface area contributed by atoms with E-state index in [4.69, 9.17) is 11.6 Å². The maximum atomic E-state index is 12.8. The van der Waals surface area contributed by atoms with Crippen LogP contribution in [0.3, 0.4) is 0 Å². The van der Waals surface area contributed by atoms with Crippen molar-refractivity contribution in [1.29, 1.82) is 0 Å². The molecule has 6 nitrogen and oxygen atoms in total. The molecule has 4 rings (SSSR count). The lowest BCUT2D eigenvalue weighted by Crippen LogP contribution is -2.45. The summed E-state index contributed by atoms with van der Waals surface area (Å²) in [5.74, 6) is -0.132. The van der Waals surface area contributed by atoms with Crippen LogP contribution in [-0.2, 0) is 5.41 Å². The molecule has 27 heavy (non-hydrogen) atoms. The quantitative estimate of drug-likeness (QED) is 0.827. The van der Waals surface area contributed by atoms with Gasteiger partial charge in [-0.05, 0) is 63.4 Å². The van der Waals surface area contributed by atoms with E-state index in [-0.39, 0.29) is 11.3 Å². The first kappa shape index (κ1) is 18.4. The summed E-state index contributed by atoms with van der Waals surface area (Å²) >= 11 is 6.02. The number of hydrogen-bond donors (Lipinski definition) is 2. The van der Waals surface area contributed by atoms with Gasteiger partial charge in [0, 0.05) is 17.0 Å². The number of nitrogens with one attached hydrogen (secondary N) is 2. The molecule has 1 saturated carbocycles. The molecule has 1 saturated heterocycles. The third kappa shape index (κ3) is 3.60. The summed E-state index contributed by atoms with van der Waals surface area (Å²) < 4.78 is 1.92. The highest BCUT2D eigenvalue weighted by Gasteiger charge is 2.39. The van der Waals surface area contributed by atoms with E-state index in [0.717, 1.165) is 49.5 Å². The van der Waals surface area contributed by atoms with Gasteiger partial charge >= 0.3 is 0 Å². The Labute approximate surface area is 164 Å². The number of carbonyl (C=O) groups excluding carboxylic acids is 1. The summed E-state index contributed by atoms with van der Waals surface area (Å²) in [6, 6.07) is 8.33. The van der Waals surface area contributed by atoms with Gasteiger partial charge in [0.1, 0.15) is 0 Å². The topological polar surface area (TPSA) is 71.8 Å². The molecule has 2 aliphatic rings. The molecule has 0 bridgehead atoms. The van der Waals surface area contributed by atoms with Crippen LogP contribution in [0.1, 0.15) is 59.9 Å². The Morgan fingerprint density at radius 1 is 1.30 bits per heavy atom. The minimum absolute atomic E-state index is 0.0131. The Hall–Kier alpha value is -1.92. The second-order valence-corrected chi connectivity index (χ2v) is 8.21. The lowest BCUT2D eigenvalue weighted by Gasteiger charge is -2.42. The third-order valence-electron chi connectivity index (χ3n) is 6.15. The second-order valence-electron chi connectivity index (χ2n) is 7.77. The van der Waals surface area contributed by atoms with Crippen molar-refractivity contribution in [2.24, 2.45) is 0 Å². The summed E-state index contributed by atoms with van der Waals surface area (Å²) in [6.45, 7) is 4.52. The van der Waals surface area contributed by atoms with E-state index in [1.807, 2.05) is 23.7 Å². The van der Waals surface area contributed by atoms with Crippen molar-refractivity contribution in [1.82, 2.24) is 25.6 Å². The number of benzene rings is 1. The molecule has 1 amide bonds. The fourth-order valence-electron chi connectivity index (χ4n) is 4.26. The van der Waals surface area contributed by atoms with Crippen LogP contribution in [0.5, 0.6) is 0 Å². The van der Waals surface area contributed by atoms with Gasteiger partial charge in [0.25, 0.3) is 5.91 Å². The average Bonchev–Trinajstić information content (AvgIpc) is 3.04. The molecule has 2 heterocycles. The standard InChI is InChI=1S/C20H26ClN5O/c1-14-18(24-25-26(14)17-7-11-22-12-8-17)19(27)23-13-20(9-2-10-20)15-3-5-16(21)6-4-15/h3-6,17,22H,2,7-13H2,1H3,(H,23,27). The number of rotatable bonds is 5. The SMILES string of the molecule is Cc1c(C(=O)NCC2(c3ccc(Cl)cc3)CCC2)nnn1C1CCNCC1.